The van der Waals surface area contributed by atoms with Crippen molar-refractivity contribution in [2.75, 3.05) is 13.7 Å². The first kappa shape index (κ1) is 14.2. The number of methoxy groups -OCH3 is 1. The number of ether oxygens (including phenoxy) is 1. The summed E-state index contributed by atoms with van der Waals surface area (Å²) in [5.41, 5.74) is 7.20. The van der Waals surface area contributed by atoms with Gasteiger partial charge in [-0.1, -0.05) is 30.0 Å². The standard InChI is InChI=1S/C14H18N2O2/c1-11(18-2)14(17)16-10-13-7-4-3-6-12(13)8-5-9-15/h3-4,6-7,11H,9-10,15H2,1-2H3,(H,16,17). The van der Waals surface area contributed by atoms with E-state index in [1.807, 2.05) is 24.3 Å². The Labute approximate surface area is 108 Å². The smallest absolute Gasteiger partial charge is 0.249 e. The Kier molecular flexibility index (Phi) is 5.92. The third kappa shape index (κ3) is 4.21. The van der Waals surface area contributed by atoms with Gasteiger partial charge >= 0.3 is 0 Å². The van der Waals surface area contributed by atoms with Crippen LogP contribution in [0.4, 0.5) is 0 Å². The highest BCUT2D eigenvalue weighted by Crippen LogP contribution is 2.07. The molecule has 3 N–H and O–H groups in total. The molecule has 4 nitrogen and oxygen atoms in total. The predicted molar refractivity (Wildman–Crippen MR) is 70.7 cm³/mol. The summed E-state index contributed by atoms with van der Waals surface area (Å²) in [4.78, 5) is 11.6. The molecule has 0 aromatic heterocycles. The van der Waals surface area contributed by atoms with Gasteiger partial charge in [0.2, 0.25) is 5.91 Å². The summed E-state index contributed by atoms with van der Waals surface area (Å²) in [6.07, 6.45) is -0.452. The lowest BCUT2D eigenvalue weighted by Gasteiger charge is -2.11. The zero-order chi connectivity index (χ0) is 13.4. The first-order valence-corrected chi connectivity index (χ1v) is 5.76. The molecule has 0 aliphatic heterocycles. The van der Waals surface area contributed by atoms with E-state index in [9.17, 15) is 4.79 Å². The summed E-state index contributed by atoms with van der Waals surface area (Å²) in [6, 6.07) is 7.65. The molecule has 0 aliphatic rings. The van der Waals surface area contributed by atoms with Crippen LogP contribution in [0.25, 0.3) is 0 Å². The summed E-state index contributed by atoms with van der Waals surface area (Å²) < 4.78 is 4.94. The number of carbonyl (C=O) groups is 1. The van der Waals surface area contributed by atoms with Gasteiger partial charge in [-0.25, -0.2) is 0 Å². The first-order chi connectivity index (χ1) is 8.69. The molecule has 1 aromatic rings. The van der Waals surface area contributed by atoms with Crippen LogP contribution >= 0.6 is 0 Å². The van der Waals surface area contributed by atoms with Crippen LogP contribution in [0.2, 0.25) is 0 Å². The van der Waals surface area contributed by atoms with Crippen LogP contribution in [0.5, 0.6) is 0 Å². The molecule has 1 rings (SSSR count). The normalized spacial score (nSPS) is 11.3. The van der Waals surface area contributed by atoms with Crippen LogP contribution < -0.4 is 11.1 Å². The van der Waals surface area contributed by atoms with E-state index in [2.05, 4.69) is 17.2 Å². The molecule has 0 bridgehead atoms. The average Bonchev–Trinajstić information content (AvgIpc) is 2.42. The Morgan fingerprint density at radius 2 is 2.22 bits per heavy atom. The monoisotopic (exact) mass is 246 g/mol. The fourth-order valence-corrected chi connectivity index (χ4v) is 1.38. The maximum absolute atomic E-state index is 11.6. The van der Waals surface area contributed by atoms with E-state index in [-0.39, 0.29) is 5.91 Å². The van der Waals surface area contributed by atoms with Gasteiger partial charge < -0.3 is 15.8 Å². The quantitative estimate of drug-likeness (QED) is 0.767. The highest BCUT2D eigenvalue weighted by atomic mass is 16.5. The summed E-state index contributed by atoms with van der Waals surface area (Å²) in [6.45, 7) is 2.46. The van der Waals surface area contributed by atoms with Gasteiger partial charge in [0, 0.05) is 19.2 Å². The first-order valence-electron chi connectivity index (χ1n) is 5.76. The van der Waals surface area contributed by atoms with Crippen molar-refractivity contribution in [2.24, 2.45) is 5.73 Å². The SMILES string of the molecule is COC(C)C(=O)NCc1ccccc1C#CCN. The van der Waals surface area contributed by atoms with Gasteiger partial charge in [-0.2, -0.15) is 0 Å². The minimum absolute atomic E-state index is 0.140. The molecule has 0 saturated heterocycles. The van der Waals surface area contributed by atoms with Crippen LogP contribution in [0.1, 0.15) is 18.1 Å². The highest BCUT2D eigenvalue weighted by Gasteiger charge is 2.11. The Hall–Kier alpha value is -1.83. The molecule has 0 fully saturated rings. The van der Waals surface area contributed by atoms with Crippen molar-refractivity contribution in [1.82, 2.24) is 5.32 Å². The van der Waals surface area contributed by atoms with Crippen molar-refractivity contribution in [2.45, 2.75) is 19.6 Å². The predicted octanol–water partition coefficient (Wildman–Crippen LogP) is 0.648. The number of benzene rings is 1. The molecular weight excluding hydrogens is 228 g/mol. The number of nitrogens with two attached hydrogens (primary N) is 1. The summed E-state index contributed by atoms with van der Waals surface area (Å²) in [5, 5.41) is 2.80. The molecular formula is C14H18N2O2. The van der Waals surface area contributed by atoms with Crippen molar-refractivity contribution < 1.29 is 9.53 Å². The largest absolute Gasteiger partial charge is 0.372 e. The maximum atomic E-state index is 11.6. The van der Waals surface area contributed by atoms with Crippen LogP contribution in [0, 0.1) is 11.8 Å². The van der Waals surface area contributed by atoms with Crippen molar-refractivity contribution >= 4 is 5.91 Å². The van der Waals surface area contributed by atoms with E-state index in [1.54, 1.807) is 6.92 Å². The molecule has 0 saturated carbocycles. The fourth-order valence-electron chi connectivity index (χ4n) is 1.38. The van der Waals surface area contributed by atoms with Gasteiger partial charge in [0.05, 0.1) is 6.54 Å². The van der Waals surface area contributed by atoms with Crippen LogP contribution in [0.3, 0.4) is 0 Å². The second kappa shape index (κ2) is 7.49. The molecule has 1 atom stereocenters. The number of hydrogen-bond acceptors (Lipinski definition) is 3. The Balaban J connectivity index is 2.70. The van der Waals surface area contributed by atoms with Gasteiger partial charge in [-0.05, 0) is 18.6 Å². The minimum Gasteiger partial charge on any atom is -0.372 e. The lowest BCUT2D eigenvalue weighted by molar-refractivity contribution is -0.130. The number of carbonyl (C=O) groups excluding carboxylic acids is 1. The summed E-state index contributed by atoms with van der Waals surface area (Å²) >= 11 is 0. The number of hydrogen-bond donors (Lipinski definition) is 2. The fraction of sp³-hybridized carbons (Fsp3) is 0.357. The average molecular weight is 246 g/mol. The van der Waals surface area contributed by atoms with Crippen molar-refractivity contribution in [3.63, 3.8) is 0 Å². The van der Waals surface area contributed by atoms with E-state index in [4.69, 9.17) is 10.5 Å². The minimum atomic E-state index is -0.452. The zero-order valence-electron chi connectivity index (χ0n) is 10.7. The number of nitrogens with one attached hydrogen (secondary N) is 1. The zero-order valence-corrected chi connectivity index (χ0v) is 10.7. The Bertz CT molecular complexity index is 460. The number of amides is 1. The molecule has 96 valence electrons. The molecule has 0 heterocycles. The molecule has 4 heteroatoms. The lowest BCUT2D eigenvalue weighted by atomic mass is 10.1. The van der Waals surface area contributed by atoms with Crippen molar-refractivity contribution in [1.29, 1.82) is 0 Å². The summed E-state index contributed by atoms with van der Waals surface area (Å²) in [5.74, 6) is 5.65. The van der Waals surface area contributed by atoms with Crippen LogP contribution in [-0.4, -0.2) is 25.7 Å². The third-order valence-corrected chi connectivity index (χ3v) is 2.52. The second-order valence-electron chi connectivity index (χ2n) is 3.76. The van der Waals surface area contributed by atoms with Gasteiger partial charge in [0.1, 0.15) is 6.10 Å². The van der Waals surface area contributed by atoms with Gasteiger partial charge in [0.25, 0.3) is 0 Å². The van der Waals surface area contributed by atoms with Crippen molar-refractivity contribution in [3.8, 4) is 11.8 Å². The van der Waals surface area contributed by atoms with Gasteiger partial charge in [0.15, 0.2) is 0 Å². The van der Waals surface area contributed by atoms with E-state index < -0.39 is 6.10 Å². The molecule has 0 radical (unpaired) electrons. The molecule has 0 spiro atoms. The molecule has 0 aliphatic carbocycles. The molecule has 1 amide bonds. The van der Waals surface area contributed by atoms with Gasteiger partial charge in [-0.15, -0.1) is 0 Å². The van der Waals surface area contributed by atoms with E-state index >= 15 is 0 Å². The van der Waals surface area contributed by atoms with Crippen LogP contribution in [-0.2, 0) is 16.1 Å². The summed E-state index contributed by atoms with van der Waals surface area (Å²) in [7, 11) is 1.50. The molecule has 1 unspecified atom stereocenters. The van der Waals surface area contributed by atoms with Gasteiger partial charge in [-0.3, -0.25) is 4.79 Å². The molecule has 1 aromatic carbocycles. The topological polar surface area (TPSA) is 64.3 Å². The Morgan fingerprint density at radius 3 is 2.89 bits per heavy atom. The van der Waals surface area contributed by atoms with Crippen LogP contribution in [0.15, 0.2) is 24.3 Å². The van der Waals surface area contributed by atoms with E-state index in [0.29, 0.717) is 13.1 Å². The maximum Gasteiger partial charge on any atom is 0.249 e. The van der Waals surface area contributed by atoms with E-state index in [0.717, 1.165) is 11.1 Å². The second-order valence-corrected chi connectivity index (χ2v) is 3.76. The van der Waals surface area contributed by atoms with Crippen molar-refractivity contribution in [3.05, 3.63) is 35.4 Å². The van der Waals surface area contributed by atoms with E-state index in [1.165, 1.54) is 7.11 Å². The number of rotatable bonds is 4. The highest BCUT2D eigenvalue weighted by molar-refractivity contribution is 5.80. The third-order valence-electron chi connectivity index (χ3n) is 2.52. The Morgan fingerprint density at radius 1 is 1.50 bits per heavy atom. The lowest BCUT2D eigenvalue weighted by Crippen LogP contribution is -2.33. The molecule has 18 heavy (non-hydrogen) atoms.